The van der Waals surface area contributed by atoms with E-state index in [0.717, 1.165) is 25.8 Å². The molecule has 1 aromatic heterocycles. The minimum Gasteiger partial charge on any atom is -0.342 e. The van der Waals surface area contributed by atoms with Crippen molar-refractivity contribution in [2.45, 2.75) is 37.6 Å². The summed E-state index contributed by atoms with van der Waals surface area (Å²) >= 11 is 1.74. The highest BCUT2D eigenvalue weighted by molar-refractivity contribution is 7.88. The van der Waals surface area contributed by atoms with Crippen molar-refractivity contribution in [3.8, 4) is 10.4 Å². The Kier molecular flexibility index (Phi) is 5.58. The number of thiophene rings is 1. The van der Waals surface area contributed by atoms with E-state index in [0.29, 0.717) is 18.9 Å². The first-order valence-electron chi connectivity index (χ1n) is 9.81. The van der Waals surface area contributed by atoms with Gasteiger partial charge in [-0.2, -0.15) is 0 Å². The van der Waals surface area contributed by atoms with Gasteiger partial charge in [-0.15, -0.1) is 11.3 Å². The molecular weight excluding hydrogens is 392 g/mol. The lowest BCUT2D eigenvalue weighted by atomic mass is 10.0. The van der Waals surface area contributed by atoms with Crippen LogP contribution in [0.1, 0.15) is 37.2 Å². The molecule has 5 nitrogen and oxygen atoms in total. The Morgan fingerprint density at radius 1 is 1.14 bits per heavy atom. The normalized spacial score (nSPS) is 25.3. The van der Waals surface area contributed by atoms with Gasteiger partial charge in [0.05, 0.1) is 6.26 Å². The summed E-state index contributed by atoms with van der Waals surface area (Å²) in [5.74, 6) is 0.605. The van der Waals surface area contributed by atoms with E-state index in [-0.39, 0.29) is 17.9 Å². The van der Waals surface area contributed by atoms with E-state index >= 15 is 0 Å². The van der Waals surface area contributed by atoms with E-state index in [9.17, 15) is 13.2 Å². The maximum atomic E-state index is 13.0. The van der Waals surface area contributed by atoms with Crippen LogP contribution in [0.25, 0.3) is 10.4 Å². The molecule has 7 heteroatoms. The Bertz CT molecular complexity index is 940. The topological polar surface area (TPSA) is 66.5 Å². The van der Waals surface area contributed by atoms with Gasteiger partial charge >= 0.3 is 0 Å². The molecule has 2 aliphatic rings. The first-order chi connectivity index (χ1) is 13.4. The Balaban J connectivity index is 1.40. The largest absolute Gasteiger partial charge is 0.342 e. The van der Waals surface area contributed by atoms with E-state index in [1.165, 1.54) is 22.3 Å². The summed E-state index contributed by atoms with van der Waals surface area (Å²) in [7, 11) is -3.20. The highest BCUT2D eigenvalue weighted by atomic mass is 32.2. The Labute approximate surface area is 170 Å². The molecule has 0 spiro atoms. The van der Waals surface area contributed by atoms with E-state index in [2.05, 4.69) is 28.3 Å². The molecule has 3 atom stereocenters. The molecule has 2 fully saturated rings. The number of hydrogen-bond acceptors (Lipinski definition) is 4. The molecule has 150 valence electrons. The van der Waals surface area contributed by atoms with Crippen molar-refractivity contribution in [3.05, 3.63) is 47.3 Å². The third-order valence-electron chi connectivity index (χ3n) is 5.66. The average molecular weight is 419 g/mol. The van der Waals surface area contributed by atoms with Crippen LogP contribution in [0.5, 0.6) is 0 Å². The van der Waals surface area contributed by atoms with Crippen molar-refractivity contribution in [2.75, 3.05) is 19.3 Å². The lowest BCUT2D eigenvalue weighted by molar-refractivity contribution is -0.132. The molecule has 1 aliphatic heterocycles. The molecule has 0 unspecified atom stereocenters. The number of rotatable bonds is 5. The quantitative estimate of drug-likeness (QED) is 0.809. The van der Waals surface area contributed by atoms with Crippen molar-refractivity contribution in [3.63, 3.8) is 0 Å². The minimum atomic E-state index is -3.20. The van der Waals surface area contributed by atoms with Crippen LogP contribution in [-0.4, -0.2) is 44.6 Å². The number of amides is 1. The van der Waals surface area contributed by atoms with Crippen LogP contribution in [-0.2, 0) is 14.8 Å². The third-order valence-corrected chi connectivity index (χ3v) is 7.40. The summed E-state index contributed by atoms with van der Waals surface area (Å²) in [6.45, 7) is 1.35. The molecule has 1 aliphatic carbocycles. The van der Waals surface area contributed by atoms with E-state index < -0.39 is 10.0 Å². The van der Waals surface area contributed by atoms with Crippen LogP contribution in [0.4, 0.5) is 0 Å². The fourth-order valence-electron chi connectivity index (χ4n) is 4.22. The summed E-state index contributed by atoms with van der Waals surface area (Å²) in [5.41, 5.74) is 2.51. The van der Waals surface area contributed by atoms with Gasteiger partial charge in [-0.3, -0.25) is 4.79 Å². The zero-order chi connectivity index (χ0) is 19.7. The molecule has 1 saturated heterocycles. The summed E-state index contributed by atoms with van der Waals surface area (Å²) in [5, 5.41) is 2.12. The van der Waals surface area contributed by atoms with Crippen LogP contribution in [0.2, 0.25) is 0 Å². The second-order valence-electron chi connectivity index (χ2n) is 7.86. The Morgan fingerprint density at radius 3 is 2.68 bits per heavy atom. The number of nitrogens with zero attached hydrogens (tertiary/aromatic N) is 1. The zero-order valence-electron chi connectivity index (χ0n) is 16.0. The van der Waals surface area contributed by atoms with Gasteiger partial charge in [0, 0.05) is 29.9 Å². The van der Waals surface area contributed by atoms with Crippen molar-refractivity contribution in [1.29, 1.82) is 0 Å². The molecule has 28 heavy (non-hydrogen) atoms. The van der Waals surface area contributed by atoms with Gasteiger partial charge in [-0.25, -0.2) is 13.1 Å². The number of carbonyl (C=O) groups is 1. The van der Waals surface area contributed by atoms with Gasteiger partial charge in [-0.1, -0.05) is 30.3 Å². The van der Waals surface area contributed by atoms with E-state index in [1.54, 1.807) is 11.3 Å². The minimum absolute atomic E-state index is 0.0654. The van der Waals surface area contributed by atoms with Crippen LogP contribution in [0, 0.1) is 5.92 Å². The molecule has 1 saturated carbocycles. The summed E-state index contributed by atoms with van der Waals surface area (Å²) in [6.07, 6.45) is 4.42. The van der Waals surface area contributed by atoms with E-state index in [1.807, 2.05) is 23.1 Å². The van der Waals surface area contributed by atoms with Gasteiger partial charge in [-0.05, 0) is 54.2 Å². The number of likely N-dealkylation sites (tertiary alicyclic amines) is 1. The first kappa shape index (κ1) is 19.6. The predicted octanol–water partition coefficient (Wildman–Crippen LogP) is 3.45. The van der Waals surface area contributed by atoms with Crippen LogP contribution < -0.4 is 4.72 Å². The Hall–Kier alpha value is -1.70. The lowest BCUT2D eigenvalue weighted by Gasteiger charge is -2.21. The van der Waals surface area contributed by atoms with Crippen molar-refractivity contribution < 1.29 is 13.2 Å². The molecule has 2 aromatic rings. The number of carbonyl (C=O) groups excluding carboxylic acids is 1. The van der Waals surface area contributed by atoms with E-state index in [4.69, 9.17) is 0 Å². The highest BCUT2D eigenvalue weighted by Crippen LogP contribution is 2.52. The maximum absolute atomic E-state index is 13.0. The maximum Gasteiger partial charge on any atom is 0.226 e. The van der Waals surface area contributed by atoms with Gasteiger partial charge < -0.3 is 4.90 Å². The molecule has 0 bridgehead atoms. The van der Waals surface area contributed by atoms with Crippen LogP contribution >= 0.6 is 11.3 Å². The lowest BCUT2D eigenvalue weighted by Crippen LogP contribution is -2.36. The summed E-state index contributed by atoms with van der Waals surface area (Å²) < 4.78 is 25.7. The molecule has 2 heterocycles. The number of hydrogen-bond donors (Lipinski definition) is 1. The Morgan fingerprint density at radius 2 is 1.93 bits per heavy atom. The second-order valence-corrected chi connectivity index (χ2v) is 10.6. The summed E-state index contributed by atoms with van der Waals surface area (Å²) in [4.78, 5) is 16.3. The molecule has 1 amide bonds. The van der Waals surface area contributed by atoms with Gasteiger partial charge in [0.2, 0.25) is 15.9 Å². The molecular formula is C21H26N2O3S2. The third kappa shape index (κ3) is 4.47. The fraction of sp³-hybridized carbons (Fsp3) is 0.476. The van der Waals surface area contributed by atoms with Crippen LogP contribution in [0.15, 0.2) is 41.8 Å². The number of benzene rings is 1. The second kappa shape index (κ2) is 7.97. The summed E-state index contributed by atoms with van der Waals surface area (Å²) in [6, 6.07) is 12.5. The zero-order valence-corrected chi connectivity index (χ0v) is 17.6. The smallest absolute Gasteiger partial charge is 0.226 e. The van der Waals surface area contributed by atoms with Gasteiger partial charge in [0.1, 0.15) is 0 Å². The predicted molar refractivity (Wildman–Crippen MR) is 113 cm³/mol. The first-order valence-corrected chi connectivity index (χ1v) is 12.6. The van der Waals surface area contributed by atoms with Crippen molar-refractivity contribution in [2.24, 2.45) is 5.92 Å². The molecule has 1 N–H and O–H groups in total. The van der Waals surface area contributed by atoms with Gasteiger partial charge in [0.15, 0.2) is 0 Å². The monoisotopic (exact) mass is 418 g/mol. The number of nitrogens with one attached hydrogen (secondary N) is 1. The van der Waals surface area contributed by atoms with Crippen molar-refractivity contribution >= 4 is 27.3 Å². The average Bonchev–Trinajstić information content (AvgIpc) is 3.36. The van der Waals surface area contributed by atoms with Crippen LogP contribution in [0.3, 0.4) is 0 Å². The molecule has 0 radical (unpaired) electrons. The highest BCUT2D eigenvalue weighted by Gasteiger charge is 2.47. The molecule has 4 rings (SSSR count). The molecule has 1 aromatic carbocycles. The fourth-order valence-corrected chi connectivity index (χ4v) is 6.04. The van der Waals surface area contributed by atoms with Gasteiger partial charge in [0.25, 0.3) is 0 Å². The standard InChI is InChI=1S/C21H26N2O3S2/c1-28(25,26)22-16-8-5-11-23(12-9-16)21(24)19-14-18(19)17-10-13-27-20(17)15-6-3-2-4-7-15/h2-4,6-7,10,13,16,18-19,22H,5,8-9,11-12,14H2,1H3/t16-,18-,19+/m0/s1. The number of sulfonamides is 1. The van der Waals surface area contributed by atoms with Crippen molar-refractivity contribution in [1.82, 2.24) is 9.62 Å². The SMILES string of the molecule is CS(=O)(=O)N[C@H]1CCCN(C(=O)[C@@H]2C[C@H]2c2ccsc2-c2ccccc2)CC1.